The number of anilines is 2. The molecule has 5 heteroatoms. The second-order valence-corrected chi connectivity index (χ2v) is 6.71. The average molecular weight is 340 g/mol. The maximum Gasteiger partial charge on any atom is 0.255 e. The van der Waals surface area contributed by atoms with Gasteiger partial charge in [0.1, 0.15) is 0 Å². The fourth-order valence-electron chi connectivity index (χ4n) is 2.82. The molecule has 1 heterocycles. The summed E-state index contributed by atoms with van der Waals surface area (Å²) < 4.78 is 0. The van der Waals surface area contributed by atoms with Crippen molar-refractivity contribution in [2.24, 2.45) is 0 Å². The quantitative estimate of drug-likeness (QED) is 0.853. The first-order chi connectivity index (χ1) is 11.6. The Morgan fingerprint density at radius 1 is 1.17 bits per heavy atom. The highest BCUT2D eigenvalue weighted by Crippen LogP contribution is 2.24. The molecule has 24 heavy (non-hydrogen) atoms. The van der Waals surface area contributed by atoms with Crippen LogP contribution in [0.2, 0.25) is 0 Å². The number of nitrogens with zero attached hydrogens (tertiary/aromatic N) is 1. The number of nitrogens with one attached hydrogen (secondary N) is 1. The van der Waals surface area contributed by atoms with Gasteiger partial charge in [-0.15, -0.1) is 11.8 Å². The molecule has 4 nitrogen and oxygen atoms in total. The van der Waals surface area contributed by atoms with Crippen LogP contribution in [0, 0.1) is 6.92 Å². The van der Waals surface area contributed by atoms with Gasteiger partial charge in [-0.3, -0.25) is 9.59 Å². The molecule has 2 amide bonds. The molecule has 0 saturated carbocycles. The van der Waals surface area contributed by atoms with Crippen LogP contribution in [0.25, 0.3) is 0 Å². The minimum atomic E-state index is -0.117. The predicted molar refractivity (Wildman–Crippen MR) is 98.9 cm³/mol. The Kier molecular flexibility index (Phi) is 4.90. The van der Waals surface area contributed by atoms with Gasteiger partial charge in [-0.2, -0.15) is 0 Å². The zero-order valence-electron chi connectivity index (χ0n) is 13.8. The van der Waals surface area contributed by atoms with Gasteiger partial charge in [0.2, 0.25) is 5.91 Å². The molecule has 1 N–H and O–H groups in total. The molecular weight excluding hydrogens is 320 g/mol. The summed E-state index contributed by atoms with van der Waals surface area (Å²) in [6, 6.07) is 13.3. The lowest BCUT2D eigenvalue weighted by molar-refractivity contribution is -0.117. The Bertz CT molecular complexity index is 771. The van der Waals surface area contributed by atoms with Gasteiger partial charge < -0.3 is 10.2 Å². The van der Waals surface area contributed by atoms with Gasteiger partial charge in [-0.05, 0) is 61.6 Å². The number of hydrogen-bond acceptors (Lipinski definition) is 3. The van der Waals surface area contributed by atoms with Crippen molar-refractivity contribution in [2.75, 3.05) is 23.0 Å². The lowest BCUT2D eigenvalue weighted by Gasteiger charge is -2.16. The first kappa shape index (κ1) is 16.6. The van der Waals surface area contributed by atoms with Crippen molar-refractivity contribution in [2.45, 2.75) is 24.7 Å². The van der Waals surface area contributed by atoms with Crippen molar-refractivity contribution in [1.29, 1.82) is 0 Å². The molecular formula is C19H20N2O2S. The Hall–Kier alpha value is -2.27. The van der Waals surface area contributed by atoms with E-state index in [0.29, 0.717) is 12.0 Å². The molecule has 1 fully saturated rings. The highest BCUT2D eigenvalue weighted by molar-refractivity contribution is 7.98. The van der Waals surface area contributed by atoms with Crippen LogP contribution in [-0.2, 0) is 4.79 Å². The van der Waals surface area contributed by atoms with Crippen molar-refractivity contribution in [3.05, 3.63) is 53.6 Å². The van der Waals surface area contributed by atoms with Crippen LogP contribution in [-0.4, -0.2) is 24.6 Å². The lowest BCUT2D eigenvalue weighted by Crippen LogP contribution is -2.23. The third kappa shape index (κ3) is 3.46. The van der Waals surface area contributed by atoms with Gasteiger partial charge in [-0.1, -0.05) is 6.07 Å². The number of rotatable bonds is 4. The second-order valence-electron chi connectivity index (χ2n) is 5.83. The SMILES string of the molecule is CSc1ccc(C)c(C(=O)Nc2ccc(N3CCCC3=O)cc2)c1. The summed E-state index contributed by atoms with van der Waals surface area (Å²) >= 11 is 1.61. The van der Waals surface area contributed by atoms with Crippen LogP contribution in [0.4, 0.5) is 11.4 Å². The molecule has 0 aromatic heterocycles. The van der Waals surface area contributed by atoms with Gasteiger partial charge in [0, 0.05) is 34.8 Å². The third-order valence-corrected chi connectivity index (χ3v) is 4.92. The predicted octanol–water partition coefficient (Wildman–Crippen LogP) is 4.10. The molecule has 1 aliphatic heterocycles. The summed E-state index contributed by atoms with van der Waals surface area (Å²) in [5.41, 5.74) is 3.24. The largest absolute Gasteiger partial charge is 0.322 e. The fourth-order valence-corrected chi connectivity index (χ4v) is 3.26. The summed E-state index contributed by atoms with van der Waals surface area (Å²) in [7, 11) is 0. The summed E-state index contributed by atoms with van der Waals surface area (Å²) in [4.78, 5) is 27.1. The number of carbonyl (C=O) groups is 2. The van der Waals surface area contributed by atoms with E-state index in [0.717, 1.165) is 34.8 Å². The average Bonchev–Trinajstić information content (AvgIpc) is 3.02. The van der Waals surface area contributed by atoms with Crippen LogP contribution in [0.15, 0.2) is 47.4 Å². The third-order valence-electron chi connectivity index (χ3n) is 4.20. The highest BCUT2D eigenvalue weighted by atomic mass is 32.2. The first-order valence-electron chi connectivity index (χ1n) is 7.95. The Labute approximate surface area is 146 Å². The first-order valence-corrected chi connectivity index (χ1v) is 9.17. The van der Waals surface area contributed by atoms with Gasteiger partial charge >= 0.3 is 0 Å². The summed E-state index contributed by atoms with van der Waals surface area (Å²) in [5, 5.41) is 2.93. The fraction of sp³-hybridized carbons (Fsp3) is 0.263. The van der Waals surface area contributed by atoms with Gasteiger partial charge in [0.15, 0.2) is 0 Å². The molecule has 0 bridgehead atoms. The molecule has 2 aromatic carbocycles. The van der Waals surface area contributed by atoms with Crippen molar-refractivity contribution in [3.8, 4) is 0 Å². The van der Waals surface area contributed by atoms with Crippen molar-refractivity contribution < 1.29 is 9.59 Å². The van der Waals surface area contributed by atoms with Gasteiger partial charge in [-0.25, -0.2) is 0 Å². The number of thioether (sulfide) groups is 1. The van der Waals surface area contributed by atoms with E-state index < -0.39 is 0 Å². The minimum absolute atomic E-state index is 0.117. The number of aryl methyl sites for hydroxylation is 1. The minimum Gasteiger partial charge on any atom is -0.322 e. The number of amides is 2. The molecule has 1 saturated heterocycles. The van der Waals surface area contributed by atoms with Crippen LogP contribution in [0.3, 0.4) is 0 Å². The van der Waals surface area contributed by atoms with Crippen molar-refractivity contribution in [1.82, 2.24) is 0 Å². The molecule has 0 aliphatic carbocycles. The van der Waals surface area contributed by atoms with Crippen molar-refractivity contribution >= 4 is 35.0 Å². The van der Waals surface area contributed by atoms with E-state index in [1.54, 1.807) is 16.7 Å². The normalized spacial score (nSPS) is 14.1. The lowest BCUT2D eigenvalue weighted by atomic mass is 10.1. The molecule has 0 unspecified atom stereocenters. The standard InChI is InChI=1S/C19H20N2O2S/c1-13-5-10-16(24-2)12-17(13)19(23)20-14-6-8-15(9-7-14)21-11-3-4-18(21)22/h5-10,12H,3-4,11H2,1-2H3,(H,20,23). The summed E-state index contributed by atoms with van der Waals surface area (Å²) in [6.45, 7) is 2.70. The molecule has 3 rings (SSSR count). The van der Waals surface area contributed by atoms with Crippen LogP contribution in [0.5, 0.6) is 0 Å². The maximum atomic E-state index is 12.5. The summed E-state index contributed by atoms with van der Waals surface area (Å²) in [5.74, 6) is 0.0460. The molecule has 124 valence electrons. The summed E-state index contributed by atoms with van der Waals surface area (Å²) in [6.07, 6.45) is 3.51. The topological polar surface area (TPSA) is 49.4 Å². The molecule has 2 aromatic rings. The smallest absolute Gasteiger partial charge is 0.255 e. The van der Waals surface area contributed by atoms with Crippen LogP contribution < -0.4 is 10.2 Å². The monoisotopic (exact) mass is 340 g/mol. The van der Waals surface area contributed by atoms with Crippen molar-refractivity contribution in [3.63, 3.8) is 0 Å². The molecule has 0 radical (unpaired) electrons. The van der Waals surface area contributed by atoms with E-state index in [-0.39, 0.29) is 11.8 Å². The van der Waals surface area contributed by atoms with Gasteiger partial charge in [0.05, 0.1) is 0 Å². The maximum absolute atomic E-state index is 12.5. The number of hydrogen-bond donors (Lipinski definition) is 1. The van der Waals surface area contributed by atoms with E-state index in [1.807, 2.05) is 55.6 Å². The zero-order valence-corrected chi connectivity index (χ0v) is 14.7. The van der Waals surface area contributed by atoms with E-state index >= 15 is 0 Å². The Morgan fingerprint density at radius 2 is 1.92 bits per heavy atom. The van der Waals surface area contributed by atoms with Crippen LogP contribution >= 0.6 is 11.8 Å². The molecule has 0 spiro atoms. The Balaban J connectivity index is 1.74. The zero-order chi connectivity index (χ0) is 17.1. The second kappa shape index (κ2) is 7.09. The van der Waals surface area contributed by atoms with Crippen LogP contribution in [0.1, 0.15) is 28.8 Å². The van der Waals surface area contributed by atoms with E-state index in [9.17, 15) is 9.59 Å². The Morgan fingerprint density at radius 3 is 2.54 bits per heavy atom. The number of carbonyl (C=O) groups excluding carboxylic acids is 2. The molecule has 1 aliphatic rings. The van der Waals surface area contributed by atoms with E-state index in [2.05, 4.69) is 5.32 Å². The molecule has 0 atom stereocenters. The highest BCUT2D eigenvalue weighted by Gasteiger charge is 2.21. The van der Waals surface area contributed by atoms with E-state index in [1.165, 1.54) is 0 Å². The number of benzene rings is 2. The van der Waals surface area contributed by atoms with E-state index in [4.69, 9.17) is 0 Å². The van der Waals surface area contributed by atoms with Gasteiger partial charge in [0.25, 0.3) is 5.91 Å².